The van der Waals surface area contributed by atoms with Crippen LogP contribution >= 0.6 is 24.0 Å². The third-order valence-electron chi connectivity index (χ3n) is 4.93. The summed E-state index contributed by atoms with van der Waals surface area (Å²) >= 11 is 5.74. The number of hydrogen-bond acceptors (Lipinski definition) is 4. The first-order valence-electron chi connectivity index (χ1n) is 9.00. The minimum Gasteiger partial charge on any atom is -0.340 e. The van der Waals surface area contributed by atoms with Gasteiger partial charge in [0.1, 0.15) is 5.82 Å². The maximum Gasteiger partial charge on any atom is 0.256 e. The van der Waals surface area contributed by atoms with Crippen LogP contribution in [0.25, 0.3) is 0 Å². The van der Waals surface area contributed by atoms with E-state index in [1.807, 2.05) is 4.90 Å². The Labute approximate surface area is 170 Å². The van der Waals surface area contributed by atoms with Gasteiger partial charge in [0.25, 0.3) is 5.91 Å². The lowest BCUT2D eigenvalue weighted by Crippen LogP contribution is -2.50. The maximum absolute atomic E-state index is 13.9. The Morgan fingerprint density at radius 1 is 1.04 bits per heavy atom. The van der Waals surface area contributed by atoms with E-state index in [0.717, 1.165) is 32.2 Å². The van der Waals surface area contributed by atoms with Crippen molar-refractivity contribution >= 4 is 35.8 Å². The Balaban J connectivity index is 0.00000261. The highest BCUT2D eigenvalue weighted by atomic mass is 35.5. The summed E-state index contributed by atoms with van der Waals surface area (Å²) in [5.41, 5.74) is 0.0525. The van der Waals surface area contributed by atoms with Gasteiger partial charge in [-0.3, -0.25) is 14.5 Å². The number of amides is 2. The molecule has 3 rings (SSSR count). The topological polar surface area (TPSA) is 55.9 Å². The summed E-state index contributed by atoms with van der Waals surface area (Å²) < 4.78 is 13.9. The Kier molecular flexibility index (Phi) is 8.28. The zero-order valence-electron chi connectivity index (χ0n) is 15.1. The Hall–Kier alpha value is -1.41. The van der Waals surface area contributed by atoms with Crippen LogP contribution in [0, 0.1) is 5.82 Å². The van der Waals surface area contributed by atoms with E-state index in [4.69, 9.17) is 11.6 Å². The van der Waals surface area contributed by atoms with Gasteiger partial charge in [0.05, 0.1) is 5.56 Å². The average molecular weight is 419 g/mol. The van der Waals surface area contributed by atoms with Gasteiger partial charge in [-0.25, -0.2) is 4.39 Å². The molecule has 2 aliphatic heterocycles. The fraction of sp³-hybridized carbons (Fsp3) is 0.556. The molecule has 0 aliphatic carbocycles. The molecule has 0 unspecified atom stereocenters. The molecule has 1 aromatic carbocycles. The fourth-order valence-corrected chi connectivity index (χ4v) is 3.49. The predicted octanol–water partition coefficient (Wildman–Crippen LogP) is 1.48. The quantitative estimate of drug-likeness (QED) is 0.804. The Morgan fingerprint density at radius 2 is 1.70 bits per heavy atom. The molecule has 0 saturated carbocycles. The molecule has 1 aromatic rings. The van der Waals surface area contributed by atoms with Crippen LogP contribution < -0.4 is 5.32 Å². The maximum atomic E-state index is 13.9. The third kappa shape index (κ3) is 5.78. The smallest absolute Gasteiger partial charge is 0.256 e. The van der Waals surface area contributed by atoms with Crippen molar-refractivity contribution in [2.45, 2.75) is 6.42 Å². The Bertz CT molecular complexity index is 663. The van der Waals surface area contributed by atoms with Crippen LogP contribution in [0.1, 0.15) is 16.8 Å². The molecule has 9 heteroatoms. The van der Waals surface area contributed by atoms with E-state index in [0.29, 0.717) is 39.1 Å². The molecule has 150 valence electrons. The SMILES string of the molecule is Cl.O=C(CCN1CCN(C(=O)c2ccc(Cl)cc2F)CC1)N1CCNCC1. The van der Waals surface area contributed by atoms with Crippen LogP contribution in [0.2, 0.25) is 5.02 Å². The first-order valence-corrected chi connectivity index (χ1v) is 9.37. The summed E-state index contributed by atoms with van der Waals surface area (Å²) in [7, 11) is 0. The highest BCUT2D eigenvalue weighted by molar-refractivity contribution is 6.30. The van der Waals surface area contributed by atoms with E-state index in [9.17, 15) is 14.0 Å². The first kappa shape index (κ1) is 21.9. The van der Waals surface area contributed by atoms with Crippen LogP contribution in [-0.4, -0.2) is 85.4 Å². The van der Waals surface area contributed by atoms with Gasteiger partial charge in [0, 0.05) is 70.3 Å². The minimum atomic E-state index is -0.591. The monoisotopic (exact) mass is 418 g/mol. The number of nitrogens with zero attached hydrogens (tertiary/aromatic N) is 3. The molecule has 6 nitrogen and oxygen atoms in total. The minimum absolute atomic E-state index is 0. The van der Waals surface area contributed by atoms with Crippen molar-refractivity contribution < 1.29 is 14.0 Å². The third-order valence-corrected chi connectivity index (χ3v) is 5.17. The molecule has 2 saturated heterocycles. The number of piperazine rings is 2. The second-order valence-corrected chi connectivity index (χ2v) is 7.08. The van der Waals surface area contributed by atoms with Gasteiger partial charge in [0.2, 0.25) is 5.91 Å². The molecule has 2 heterocycles. The van der Waals surface area contributed by atoms with E-state index in [-0.39, 0.29) is 34.8 Å². The zero-order valence-corrected chi connectivity index (χ0v) is 16.7. The molecule has 0 spiro atoms. The molecular weight excluding hydrogens is 394 g/mol. The highest BCUT2D eigenvalue weighted by Gasteiger charge is 2.25. The summed E-state index contributed by atoms with van der Waals surface area (Å²) in [6, 6.07) is 4.11. The van der Waals surface area contributed by atoms with Gasteiger partial charge in [-0.05, 0) is 18.2 Å². The molecule has 2 amide bonds. The molecule has 0 aromatic heterocycles. The number of halogens is 3. The van der Waals surface area contributed by atoms with Crippen molar-refractivity contribution in [3.63, 3.8) is 0 Å². The van der Waals surface area contributed by atoms with Crippen LogP contribution in [0.4, 0.5) is 4.39 Å². The summed E-state index contributed by atoms with van der Waals surface area (Å²) in [5, 5.41) is 3.51. The molecule has 2 fully saturated rings. The van der Waals surface area contributed by atoms with E-state index >= 15 is 0 Å². The van der Waals surface area contributed by atoms with Crippen molar-refractivity contribution in [2.24, 2.45) is 0 Å². The lowest BCUT2D eigenvalue weighted by Gasteiger charge is -2.35. The van der Waals surface area contributed by atoms with Crippen molar-refractivity contribution in [1.29, 1.82) is 0 Å². The first-order chi connectivity index (χ1) is 12.5. The molecule has 0 atom stereocenters. The van der Waals surface area contributed by atoms with Crippen LogP contribution in [0.5, 0.6) is 0 Å². The standard InChI is InChI=1S/C18H24ClFN4O2.ClH/c19-14-1-2-15(16(20)13-14)18(26)24-11-9-22(10-12-24)6-3-17(25)23-7-4-21-5-8-23;/h1-2,13,21H,3-12H2;1H. The van der Waals surface area contributed by atoms with Crippen molar-refractivity contribution in [3.8, 4) is 0 Å². The summed E-state index contributed by atoms with van der Waals surface area (Å²) in [6.45, 7) is 6.39. The number of rotatable bonds is 4. The summed E-state index contributed by atoms with van der Waals surface area (Å²) in [4.78, 5) is 30.4. The lowest BCUT2D eigenvalue weighted by molar-refractivity contribution is -0.132. The molecule has 0 radical (unpaired) electrons. The second kappa shape index (κ2) is 10.2. The summed E-state index contributed by atoms with van der Waals surface area (Å²) in [6.07, 6.45) is 0.500. The van der Waals surface area contributed by atoms with E-state index in [2.05, 4.69) is 10.2 Å². The zero-order chi connectivity index (χ0) is 18.5. The number of benzene rings is 1. The normalized spacial score (nSPS) is 18.1. The van der Waals surface area contributed by atoms with Gasteiger partial charge < -0.3 is 15.1 Å². The number of nitrogens with one attached hydrogen (secondary N) is 1. The fourth-order valence-electron chi connectivity index (χ4n) is 3.33. The van der Waals surface area contributed by atoms with Crippen LogP contribution in [-0.2, 0) is 4.79 Å². The molecule has 1 N–H and O–H groups in total. The summed E-state index contributed by atoms with van der Waals surface area (Å²) in [5.74, 6) is -0.713. The van der Waals surface area contributed by atoms with E-state index < -0.39 is 5.82 Å². The Morgan fingerprint density at radius 3 is 2.33 bits per heavy atom. The lowest BCUT2D eigenvalue weighted by atomic mass is 10.1. The molecule has 27 heavy (non-hydrogen) atoms. The van der Waals surface area contributed by atoms with Gasteiger partial charge in [-0.15, -0.1) is 12.4 Å². The number of hydrogen-bond donors (Lipinski definition) is 1. The molecular formula is C18H25Cl2FN4O2. The average Bonchev–Trinajstić information content (AvgIpc) is 2.67. The van der Waals surface area contributed by atoms with Crippen LogP contribution in [0.3, 0.4) is 0 Å². The van der Waals surface area contributed by atoms with Crippen molar-refractivity contribution in [2.75, 3.05) is 58.9 Å². The number of carbonyl (C=O) groups is 2. The largest absolute Gasteiger partial charge is 0.340 e. The van der Waals surface area contributed by atoms with E-state index in [1.165, 1.54) is 12.1 Å². The van der Waals surface area contributed by atoms with Crippen molar-refractivity contribution in [1.82, 2.24) is 20.0 Å². The van der Waals surface area contributed by atoms with Gasteiger partial charge >= 0.3 is 0 Å². The molecule has 2 aliphatic rings. The predicted molar refractivity (Wildman–Crippen MR) is 105 cm³/mol. The van der Waals surface area contributed by atoms with Gasteiger partial charge in [-0.1, -0.05) is 11.6 Å². The second-order valence-electron chi connectivity index (χ2n) is 6.64. The molecule has 0 bridgehead atoms. The highest BCUT2D eigenvalue weighted by Crippen LogP contribution is 2.17. The van der Waals surface area contributed by atoms with Gasteiger partial charge in [-0.2, -0.15) is 0 Å². The van der Waals surface area contributed by atoms with Gasteiger partial charge in [0.15, 0.2) is 0 Å². The van der Waals surface area contributed by atoms with Crippen LogP contribution in [0.15, 0.2) is 18.2 Å². The van der Waals surface area contributed by atoms with E-state index in [1.54, 1.807) is 4.90 Å². The number of carbonyl (C=O) groups excluding carboxylic acids is 2. The van der Waals surface area contributed by atoms with Crippen molar-refractivity contribution in [3.05, 3.63) is 34.6 Å².